The lowest BCUT2D eigenvalue weighted by molar-refractivity contribution is 0.0996. The lowest BCUT2D eigenvalue weighted by Gasteiger charge is -2.17. The van der Waals surface area contributed by atoms with Crippen molar-refractivity contribution in [2.45, 2.75) is 6.42 Å². The van der Waals surface area contributed by atoms with Gasteiger partial charge in [0.25, 0.3) is 5.91 Å². The number of hydrogen-bond donors (Lipinski definition) is 2. The number of halogens is 1. The summed E-state index contributed by atoms with van der Waals surface area (Å²) in [5, 5.41) is 4.56. The lowest BCUT2D eigenvalue weighted by Crippen LogP contribution is -2.33. The van der Waals surface area contributed by atoms with E-state index in [2.05, 4.69) is 5.32 Å². The molecule has 0 radical (unpaired) electrons. The van der Waals surface area contributed by atoms with Gasteiger partial charge in [-0.05, 0) is 36.1 Å². The van der Waals surface area contributed by atoms with Gasteiger partial charge in [-0.1, -0.05) is 6.07 Å². The molecule has 0 unspecified atom stereocenters. The fourth-order valence-electron chi connectivity index (χ4n) is 1.85. The highest BCUT2D eigenvalue weighted by molar-refractivity contribution is 7.09. The molecule has 3 amide bonds. The first kappa shape index (κ1) is 16.0. The van der Waals surface area contributed by atoms with Gasteiger partial charge in [-0.25, -0.2) is 9.18 Å². The topological polar surface area (TPSA) is 75.4 Å². The summed E-state index contributed by atoms with van der Waals surface area (Å²) in [7, 11) is 1.66. The number of nitrogens with one attached hydrogen (secondary N) is 1. The first-order valence-electron chi connectivity index (χ1n) is 6.61. The van der Waals surface area contributed by atoms with Crippen molar-refractivity contribution in [1.29, 1.82) is 0 Å². The van der Waals surface area contributed by atoms with E-state index in [0.29, 0.717) is 6.54 Å². The SMILES string of the molecule is CN(CCc1cccs1)C(=O)Nc1ccc(C(N)=O)c(F)c1. The molecule has 0 atom stereocenters. The Morgan fingerprint density at radius 1 is 1.36 bits per heavy atom. The van der Waals surface area contributed by atoms with E-state index in [9.17, 15) is 14.0 Å². The van der Waals surface area contributed by atoms with E-state index in [-0.39, 0.29) is 17.3 Å². The summed E-state index contributed by atoms with van der Waals surface area (Å²) in [5.41, 5.74) is 5.10. The van der Waals surface area contributed by atoms with Gasteiger partial charge in [0.1, 0.15) is 5.82 Å². The standard InChI is InChI=1S/C15H16FN3O2S/c1-19(7-6-11-3-2-8-22-11)15(21)18-10-4-5-12(14(17)20)13(16)9-10/h2-5,8-9H,6-7H2,1H3,(H2,17,20)(H,18,21). The largest absolute Gasteiger partial charge is 0.366 e. The van der Waals surface area contributed by atoms with Crippen LogP contribution < -0.4 is 11.1 Å². The number of carbonyl (C=O) groups excluding carboxylic acids is 2. The number of carbonyl (C=O) groups is 2. The Morgan fingerprint density at radius 3 is 2.73 bits per heavy atom. The average Bonchev–Trinajstić information content (AvgIpc) is 2.97. The Morgan fingerprint density at radius 2 is 2.14 bits per heavy atom. The second kappa shape index (κ2) is 7.04. The van der Waals surface area contributed by atoms with E-state index in [1.807, 2.05) is 17.5 Å². The minimum absolute atomic E-state index is 0.205. The number of urea groups is 1. The van der Waals surface area contributed by atoms with Crippen molar-refractivity contribution in [2.75, 3.05) is 18.9 Å². The van der Waals surface area contributed by atoms with Crippen molar-refractivity contribution < 1.29 is 14.0 Å². The quantitative estimate of drug-likeness (QED) is 0.888. The molecular formula is C15H16FN3O2S. The first-order valence-corrected chi connectivity index (χ1v) is 7.49. The van der Waals surface area contributed by atoms with E-state index in [4.69, 9.17) is 5.73 Å². The van der Waals surface area contributed by atoms with Crippen LogP contribution in [0.25, 0.3) is 0 Å². The molecule has 5 nitrogen and oxygen atoms in total. The molecule has 0 saturated carbocycles. The fraction of sp³-hybridized carbons (Fsp3) is 0.200. The maximum Gasteiger partial charge on any atom is 0.321 e. The molecule has 1 aromatic carbocycles. The summed E-state index contributed by atoms with van der Waals surface area (Å²) in [6.45, 7) is 0.550. The number of primary amides is 1. The van der Waals surface area contributed by atoms with Crippen molar-refractivity contribution in [3.8, 4) is 0 Å². The Labute approximate surface area is 131 Å². The molecule has 0 aliphatic heterocycles. The summed E-state index contributed by atoms with van der Waals surface area (Å²) < 4.78 is 13.6. The normalized spacial score (nSPS) is 10.3. The molecule has 116 valence electrons. The van der Waals surface area contributed by atoms with E-state index in [1.54, 1.807) is 18.4 Å². The Bertz CT molecular complexity index is 673. The van der Waals surface area contributed by atoms with Crippen LogP contribution in [0.3, 0.4) is 0 Å². The number of thiophene rings is 1. The number of amides is 3. The van der Waals surface area contributed by atoms with Crippen molar-refractivity contribution in [1.82, 2.24) is 4.90 Å². The molecule has 2 aromatic rings. The van der Waals surface area contributed by atoms with Crippen molar-refractivity contribution in [2.24, 2.45) is 5.73 Å². The van der Waals surface area contributed by atoms with E-state index < -0.39 is 11.7 Å². The fourth-order valence-corrected chi connectivity index (χ4v) is 2.54. The Hall–Kier alpha value is -2.41. The molecule has 0 aliphatic rings. The maximum absolute atomic E-state index is 13.6. The number of nitrogens with zero attached hydrogens (tertiary/aromatic N) is 1. The molecule has 7 heteroatoms. The summed E-state index contributed by atoms with van der Waals surface area (Å²) in [6.07, 6.45) is 0.760. The predicted molar refractivity (Wildman–Crippen MR) is 84.6 cm³/mol. The van der Waals surface area contributed by atoms with Crippen LogP contribution in [0.1, 0.15) is 15.2 Å². The van der Waals surface area contributed by atoms with Crippen molar-refractivity contribution >= 4 is 29.0 Å². The van der Waals surface area contributed by atoms with Crippen molar-refractivity contribution in [3.63, 3.8) is 0 Å². The second-order valence-corrected chi connectivity index (χ2v) is 5.77. The average molecular weight is 321 g/mol. The number of rotatable bonds is 5. The highest BCUT2D eigenvalue weighted by Crippen LogP contribution is 2.15. The minimum atomic E-state index is -0.844. The molecule has 0 saturated heterocycles. The van der Waals surface area contributed by atoms with Crippen LogP contribution >= 0.6 is 11.3 Å². The lowest BCUT2D eigenvalue weighted by atomic mass is 10.2. The smallest absolute Gasteiger partial charge is 0.321 e. The summed E-state index contributed by atoms with van der Waals surface area (Å²) in [5.74, 6) is -1.60. The molecular weight excluding hydrogens is 305 g/mol. The number of likely N-dealkylation sites (N-methyl/N-ethyl adjacent to an activating group) is 1. The molecule has 1 heterocycles. The second-order valence-electron chi connectivity index (χ2n) is 4.74. The van der Waals surface area contributed by atoms with Crippen LogP contribution in [-0.2, 0) is 6.42 Å². The van der Waals surface area contributed by atoms with Crippen molar-refractivity contribution in [3.05, 3.63) is 52.0 Å². The highest BCUT2D eigenvalue weighted by Gasteiger charge is 2.12. The third-order valence-corrected chi connectivity index (χ3v) is 4.04. The zero-order valence-electron chi connectivity index (χ0n) is 12.0. The molecule has 0 aliphatic carbocycles. The van der Waals surface area contributed by atoms with Gasteiger partial charge < -0.3 is 16.0 Å². The molecule has 0 spiro atoms. The zero-order chi connectivity index (χ0) is 16.1. The summed E-state index contributed by atoms with van der Waals surface area (Å²) in [4.78, 5) is 25.7. The molecule has 1 aromatic heterocycles. The van der Waals surface area contributed by atoms with E-state index >= 15 is 0 Å². The van der Waals surface area contributed by atoms with Gasteiger partial charge in [-0.3, -0.25) is 4.79 Å². The van der Waals surface area contributed by atoms with Crippen LogP contribution in [0.5, 0.6) is 0 Å². The maximum atomic E-state index is 13.6. The number of benzene rings is 1. The Kier molecular flexibility index (Phi) is 5.11. The summed E-state index contributed by atoms with van der Waals surface area (Å²) in [6, 6.07) is 7.39. The minimum Gasteiger partial charge on any atom is -0.366 e. The van der Waals surface area contributed by atoms with Gasteiger partial charge in [0.15, 0.2) is 0 Å². The van der Waals surface area contributed by atoms with Crippen LogP contribution in [0.4, 0.5) is 14.9 Å². The molecule has 3 N–H and O–H groups in total. The van der Waals surface area contributed by atoms with Gasteiger partial charge in [-0.2, -0.15) is 0 Å². The predicted octanol–water partition coefficient (Wildman–Crippen LogP) is 2.69. The highest BCUT2D eigenvalue weighted by atomic mass is 32.1. The first-order chi connectivity index (χ1) is 10.5. The Balaban J connectivity index is 1.93. The van der Waals surface area contributed by atoms with Gasteiger partial charge in [-0.15, -0.1) is 11.3 Å². The molecule has 22 heavy (non-hydrogen) atoms. The van der Waals surface area contributed by atoms with E-state index in [1.165, 1.54) is 21.9 Å². The zero-order valence-corrected chi connectivity index (χ0v) is 12.8. The van der Waals surface area contributed by atoms with Crippen LogP contribution in [-0.4, -0.2) is 30.4 Å². The van der Waals surface area contributed by atoms with Crippen LogP contribution in [0.15, 0.2) is 35.7 Å². The van der Waals surface area contributed by atoms with Gasteiger partial charge in [0.2, 0.25) is 0 Å². The van der Waals surface area contributed by atoms with Gasteiger partial charge in [0.05, 0.1) is 5.56 Å². The van der Waals surface area contributed by atoms with Crippen LogP contribution in [0, 0.1) is 5.82 Å². The van der Waals surface area contributed by atoms with Gasteiger partial charge >= 0.3 is 6.03 Å². The van der Waals surface area contributed by atoms with Crippen LogP contribution in [0.2, 0.25) is 0 Å². The van der Waals surface area contributed by atoms with Gasteiger partial charge in [0, 0.05) is 24.2 Å². The third kappa shape index (κ3) is 4.05. The van der Waals surface area contributed by atoms with E-state index in [0.717, 1.165) is 12.5 Å². The molecule has 0 bridgehead atoms. The molecule has 0 fully saturated rings. The third-order valence-electron chi connectivity index (χ3n) is 3.11. The number of anilines is 1. The monoisotopic (exact) mass is 321 g/mol. The number of nitrogens with two attached hydrogens (primary N) is 1. The number of hydrogen-bond acceptors (Lipinski definition) is 3. The molecule has 2 rings (SSSR count). The summed E-state index contributed by atoms with van der Waals surface area (Å²) >= 11 is 1.64.